The van der Waals surface area contributed by atoms with E-state index in [-0.39, 0.29) is 12.0 Å². The standard InChI is InChI=1S/C17H27NO2/c1-11(2)8-15(16(19)20-5)18-10-12-6-7-13-9-14(12)17(13,3)4/h6,10-11,13-15H,7-9H2,1-5H3/t13-,14-,15-/m0/s1. The molecule has 0 aromatic carbocycles. The SMILES string of the molecule is COC(=O)[C@H](CC(C)C)N=CC1=CC[C@H]2C[C@@H]1C2(C)C. The van der Waals surface area contributed by atoms with Gasteiger partial charge < -0.3 is 4.74 Å². The maximum atomic E-state index is 11.8. The quantitative estimate of drug-likeness (QED) is 0.568. The van der Waals surface area contributed by atoms with Crippen molar-refractivity contribution in [3.8, 4) is 0 Å². The highest BCUT2D eigenvalue weighted by atomic mass is 16.5. The molecule has 0 saturated heterocycles. The molecule has 3 rings (SSSR count). The molecule has 3 nitrogen and oxygen atoms in total. The van der Waals surface area contributed by atoms with Crippen LogP contribution in [0.5, 0.6) is 0 Å². The topological polar surface area (TPSA) is 38.7 Å². The van der Waals surface area contributed by atoms with Crippen molar-refractivity contribution in [2.45, 2.75) is 53.0 Å². The third-order valence-electron chi connectivity index (χ3n) is 5.08. The first-order chi connectivity index (χ1) is 9.36. The lowest BCUT2D eigenvalue weighted by atomic mass is 9.49. The number of aliphatic imine (C=N–C) groups is 1. The monoisotopic (exact) mass is 277 g/mol. The molecule has 3 aliphatic rings. The first-order valence-corrected chi connectivity index (χ1v) is 7.67. The minimum absolute atomic E-state index is 0.225. The summed E-state index contributed by atoms with van der Waals surface area (Å²) in [6.45, 7) is 8.90. The van der Waals surface area contributed by atoms with Gasteiger partial charge in [0, 0.05) is 6.21 Å². The fraction of sp³-hybridized carbons (Fsp3) is 0.765. The van der Waals surface area contributed by atoms with Crippen molar-refractivity contribution in [1.29, 1.82) is 0 Å². The predicted molar refractivity (Wildman–Crippen MR) is 81.8 cm³/mol. The zero-order chi connectivity index (χ0) is 14.9. The summed E-state index contributed by atoms with van der Waals surface area (Å²) in [4.78, 5) is 16.3. The van der Waals surface area contributed by atoms with Crippen LogP contribution < -0.4 is 0 Å². The Morgan fingerprint density at radius 2 is 2.25 bits per heavy atom. The van der Waals surface area contributed by atoms with E-state index in [2.05, 4.69) is 38.8 Å². The number of fused-ring (bicyclic) bond motifs is 1. The van der Waals surface area contributed by atoms with Gasteiger partial charge in [-0.15, -0.1) is 0 Å². The molecular formula is C17H27NO2. The van der Waals surface area contributed by atoms with Crippen molar-refractivity contribution < 1.29 is 9.53 Å². The van der Waals surface area contributed by atoms with Gasteiger partial charge in [0.25, 0.3) is 0 Å². The number of nitrogens with zero attached hydrogens (tertiary/aromatic N) is 1. The van der Waals surface area contributed by atoms with E-state index >= 15 is 0 Å². The summed E-state index contributed by atoms with van der Waals surface area (Å²) in [6, 6.07) is -0.359. The summed E-state index contributed by atoms with van der Waals surface area (Å²) in [5, 5.41) is 0. The van der Waals surface area contributed by atoms with Crippen LogP contribution >= 0.6 is 0 Å². The summed E-state index contributed by atoms with van der Waals surface area (Å²) >= 11 is 0. The van der Waals surface area contributed by atoms with Crippen LogP contribution in [0.15, 0.2) is 16.6 Å². The Labute approximate surface area is 122 Å². The lowest BCUT2D eigenvalue weighted by Crippen LogP contribution is -2.48. The van der Waals surface area contributed by atoms with Crippen molar-refractivity contribution in [3.63, 3.8) is 0 Å². The molecular weight excluding hydrogens is 250 g/mol. The summed E-state index contributed by atoms with van der Waals surface area (Å²) in [5.74, 6) is 1.65. The zero-order valence-electron chi connectivity index (χ0n) is 13.3. The predicted octanol–water partition coefficient (Wildman–Crippen LogP) is 3.64. The number of carbonyl (C=O) groups excluding carboxylic acids is 1. The molecule has 0 aromatic rings. The fourth-order valence-electron chi connectivity index (χ4n) is 3.52. The van der Waals surface area contributed by atoms with Crippen LogP contribution in [0.3, 0.4) is 0 Å². The Kier molecular flexibility index (Phi) is 4.36. The van der Waals surface area contributed by atoms with Gasteiger partial charge in [0.15, 0.2) is 0 Å². The molecule has 0 N–H and O–H groups in total. The number of carbonyl (C=O) groups is 1. The maximum Gasteiger partial charge on any atom is 0.330 e. The van der Waals surface area contributed by atoms with Crippen molar-refractivity contribution in [2.24, 2.45) is 28.2 Å². The van der Waals surface area contributed by atoms with Gasteiger partial charge in [-0.1, -0.05) is 33.8 Å². The van der Waals surface area contributed by atoms with Crippen molar-refractivity contribution >= 4 is 12.2 Å². The average molecular weight is 277 g/mol. The highest BCUT2D eigenvalue weighted by Gasteiger charge is 2.50. The molecule has 3 atom stereocenters. The van der Waals surface area contributed by atoms with Gasteiger partial charge in [-0.3, -0.25) is 4.99 Å². The van der Waals surface area contributed by atoms with E-state index in [0.29, 0.717) is 17.3 Å². The number of allylic oxidation sites excluding steroid dienone is 2. The first-order valence-electron chi connectivity index (χ1n) is 7.67. The molecule has 112 valence electrons. The molecule has 0 amide bonds. The van der Waals surface area contributed by atoms with Crippen molar-refractivity contribution in [1.82, 2.24) is 0 Å². The van der Waals surface area contributed by atoms with Gasteiger partial charge >= 0.3 is 5.97 Å². The lowest BCUT2D eigenvalue weighted by Gasteiger charge is -2.55. The molecule has 3 heteroatoms. The van der Waals surface area contributed by atoms with Crippen LogP contribution in [0.25, 0.3) is 0 Å². The van der Waals surface area contributed by atoms with Crippen LogP contribution in [-0.4, -0.2) is 25.3 Å². The smallest absolute Gasteiger partial charge is 0.330 e. The molecule has 1 fully saturated rings. The molecule has 3 aliphatic carbocycles. The van der Waals surface area contributed by atoms with Gasteiger partial charge in [-0.05, 0) is 48.0 Å². The van der Waals surface area contributed by atoms with Gasteiger partial charge in [-0.2, -0.15) is 0 Å². The number of esters is 1. The molecule has 20 heavy (non-hydrogen) atoms. The lowest BCUT2D eigenvalue weighted by molar-refractivity contribution is -0.142. The van der Waals surface area contributed by atoms with Gasteiger partial charge in [-0.25, -0.2) is 4.79 Å². The molecule has 0 radical (unpaired) electrons. The summed E-state index contributed by atoms with van der Waals surface area (Å²) in [6.07, 6.45) is 7.41. The fourth-order valence-corrected chi connectivity index (χ4v) is 3.52. The van der Waals surface area contributed by atoms with Crippen molar-refractivity contribution in [3.05, 3.63) is 11.6 Å². The van der Waals surface area contributed by atoms with Gasteiger partial charge in [0.05, 0.1) is 7.11 Å². The number of hydrogen-bond donors (Lipinski definition) is 0. The molecule has 2 bridgehead atoms. The minimum Gasteiger partial charge on any atom is -0.467 e. The Morgan fingerprint density at radius 3 is 2.75 bits per heavy atom. The second-order valence-corrected chi connectivity index (χ2v) is 7.19. The highest BCUT2D eigenvalue weighted by Crippen LogP contribution is 2.58. The minimum atomic E-state index is -0.359. The van der Waals surface area contributed by atoms with E-state index in [4.69, 9.17) is 4.74 Å². The number of hydrogen-bond acceptors (Lipinski definition) is 3. The van der Waals surface area contributed by atoms with E-state index in [9.17, 15) is 4.79 Å². The molecule has 0 aromatic heterocycles. The van der Waals surface area contributed by atoms with E-state index in [1.165, 1.54) is 19.1 Å². The Morgan fingerprint density at radius 1 is 1.55 bits per heavy atom. The normalized spacial score (nSPS) is 29.0. The third-order valence-corrected chi connectivity index (χ3v) is 5.08. The van der Waals surface area contributed by atoms with Crippen molar-refractivity contribution in [2.75, 3.05) is 7.11 Å². The first kappa shape index (κ1) is 15.3. The summed E-state index contributed by atoms with van der Waals surface area (Å²) in [5.41, 5.74) is 1.71. The van der Waals surface area contributed by atoms with Crippen LogP contribution in [-0.2, 0) is 9.53 Å². The maximum absolute atomic E-state index is 11.8. The molecule has 0 heterocycles. The van der Waals surface area contributed by atoms with Crippen LogP contribution in [0.2, 0.25) is 0 Å². The number of ether oxygens (including phenoxy) is 1. The second kappa shape index (κ2) is 5.71. The number of rotatable bonds is 5. The molecule has 0 unspecified atom stereocenters. The van der Waals surface area contributed by atoms with Gasteiger partial charge in [0.1, 0.15) is 6.04 Å². The molecule has 0 spiro atoms. The van der Waals surface area contributed by atoms with E-state index < -0.39 is 0 Å². The third kappa shape index (κ3) is 2.82. The second-order valence-electron chi connectivity index (χ2n) is 7.19. The highest BCUT2D eigenvalue weighted by molar-refractivity contribution is 5.84. The Bertz CT molecular complexity index is 434. The number of methoxy groups -OCH3 is 1. The van der Waals surface area contributed by atoms with E-state index in [1.54, 1.807) is 0 Å². The van der Waals surface area contributed by atoms with E-state index in [1.807, 2.05) is 6.21 Å². The van der Waals surface area contributed by atoms with Crippen LogP contribution in [0.1, 0.15) is 47.0 Å². The summed E-state index contributed by atoms with van der Waals surface area (Å²) in [7, 11) is 1.44. The molecule has 0 aliphatic heterocycles. The Hall–Kier alpha value is -1.12. The van der Waals surface area contributed by atoms with Crippen LogP contribution in [0.4, 0.5) is 0 Å². The average Bonchev–Trinajstić information content (AvgIpc) is 2.42. The largest absolute Gasteiger partial charge is 0.467 e. The summed E-state index contributed by atoms with van der Waals surface area (Å²) < 4.78 is 4.86. The Balaban J connectivity index is 2.07. The molecule has 1 saturated carbocycles. The zero-order valence-corrected chi connectivity index (χ0v) is 13.3. The van der Waals surface area contributed by atoms with E-state index in [0.717, 1.165) is 18.8 Å². The van der Waals surface area contributed by atoms with Gasteiger partial charge in [0.2, 0.25) is 0 Å². The van der Waals surface area contributed by atoms with Crippen LogP contribution in [0, 0.1) is 23.2 Å².